The molecule has 1 unspecified atom stereocenters. The van der Waals surface area contributed by atoms with Crippen molar-refractivity contribution < 1.29 is 19.4 Å². The van der Waals surface area contributed by atoms with Crippen LogP contribution in [-0.4, -0.2) is 64.8 Å². The quantitative estimate of drug-likeness (QED) is 0.886. The zero-order chi connectivity index (χ0) is 18.4. The molecule has 0 saturated carbocycles. The Balaban J connectivity index is 1.87. The molecule has 1 fully saturated rings. The van der Waals surface area contributed by atoms with Crippen LogP contribution < -0.4 is 0 Å². The molecule has 0 aliphatic carbocycles. The number of carboxylic acid groups (broad SMARTS) is 1. The molecule has 0 bridgehead atoms. The van der Waals surface area contributed by atoms with E-state index in [9.17, 15) is 14.7 Å². The monoisotopic (exact) mass is 348 g/mol. The minimum Gasteiger partial charge on any atom is -0.480 e. The van der Waals surface area contributed by atoms with E-state index in [-0.39, 0.29) is 6.09 Å². The molecule has 1 aromatic carbocycles. The molecule has 1 N–H and O–H groups in total. The second-order valence-electron chi connectivity index (χ2n) is 7.38. The van der Waals surface area contributed by atoms with Crippen molar-refractivity contribution in [3.05, 3.63) is 35.9 Å². The first-order valence-electron chi connectivity index (χ1n) is 8.75. The number of rotatable bonds is 5. The number of benzene rings is 1. The van der Waals surface area contributed by atoms with E-state index in [2.05, 4.69) is 0 Å². The lowest BCUT2D eigenvalue weighted by Crippen LogP contribution is -2.54. The van der Waals surface area contributed by atoms with Crippen molar-refractivity contribution in [3.63, 3.8) is 0 Å². The van der Waals surface area contributed by atoms with Crippen LogP contribution in [-0.2, 0) is 16.0 Å². The van der Waals surface area contributed by atoms with Crippen LogP contribution in [0.4, 0.5) is 4.79 Å². The van der Waals surface area contributed by atoms with Crippen molar-refractivity contribution in [2.45, 2.75) is 45.3 Å². The van der Waals surface area contributed by atoms with Crippen LogP contribution in [0.1, 0.15) is 32.8 Å². The van der Waals surface area contributed by atoms with Gasteiger partial charge in [0.15, 0.2) is 0 Å². The maximum atomic E-state index is 12.1. The van der Waals surface area contributed by atoms with Crippen molar-refractivity contribution in [3.8, 4) is 0 Å². The highest BCUT2D eigenvalue weighted by Gasteiger charge is 2.31. The number of ether oxygens (including phenoxy) is 1. The van der Waals surface area contributed by atoms with Crippen LogP contribution in [0.5, 0.6) is 0 Å². The van der Waals surface area contributed by atoms with Crippen molar-refractivity contribution in [2.75, 3.05) is 26.2 Å². The fourth-order valence-electron chi connectivity index (χ4n) is 2.95. The van der Waals surface area contributed by atoms with Crippen LogP contribution in [0.3, 0.4) is 0 Å². The van der Waals surface area contributed by atoms with Gasteiger partial charge in [-0.1, -0.05) is 30.3 Å². The highest BCUT2D eigenvalue weighted by atomic mass is 16.6. The third-order valence-corrected chi connectivity index (χ3v) is 4.24. The average Bonchev–Trinajstić information content (AvgIpc) is 2.54. The average molecular weight is 348 g/mol. The van der Waals surface area contributed by atoms with E-state index in [4.69, 9.17) is 4.74 Å². The smallest absolute Gasteiger partial charge is 0.410 e. The van der Waals surface area contributed by atoms with Crippen LogP contribution in [0.2, 0.25) is 0 Å². The van der Waals surface area contributed by atoms with E-state index in [1.54, 1.807) is 4.90 Å². The fraction of sp³-hybridized carbons (Fsp3) is 0.579. The molecule has 1 heterocycles. The Labute approximate surface area is 149 Å². The SMILES string of the molecule is CC(C)(C)OC(=O)N1CCN(C(CCc2ccccc2)C(=O)O)CC1. The van der Waals surface area contributed by atoms with Crippen molar-refractivity contribution in [1.29, 1.82) is 0 Å². The van der Waals surface area contributed by atoms with E-state index >= 15 is 0 Å². The number of carboxylic acids is 1. The predicted molar refractivity (Wildman–Crippen MR) is 95.6 cm³/mol. The van der Waals surface area contributed by atoms with Crippen LogP contribution in [0.15, 0.2) is 30.3 Å². The first-order valence-corrected chi connectivity index (χ1v) is 8.75. The minimum absolute atomic E-state index is 0.330. The number of carbonyl (C=O) groups excluding carboxylic acids is 1. The number of amides is 1. The molecule has 6 nitrogen and oxygen atoms in total. The Morgan fingerprint density at radius 2 is 1.72 bits per heavy atom. The lowest BCUT2D eigenvalue weighted by molar-refractivity contribution is -0.144. The highest BCUT2D eigenvalue weighted by molar-refractivity contribution is 5.73. The summed E-state index contributed by atoms with van der Waals surface area (Å²) in [6.45, 7) is 7.59. The Morgan fingerprint density at radius 1 is 1.12 bits per heavy atom. The van der Waals surface area contributed by atoms with Gasteiger partial charge >= 0.3 is 12.1 Å². The van der Waals surface area contributed by atoms with E-state index < -0.39 is 17.6 Å². The number of aliphatic carboxylic acids is 1. The van der Waals surface area contributed by atoms with Gasteiger partial charge in [0.25, 0.3) is 0 Å². The van der Waals surface area contributed by atoms with Crippen molar-refractivity contribution in [2.24, 2.45) is 0 Å². The van der Waals surface area contributed by atoms with Crippen molar-refractivity contribution >= 4 is 12.1 Å². The summed E-state index contributed by atoms with van der Waals surface area (Å²) in [5, 5.41) is 9.58. The summed E-state index contributed by atoms with van der Waals surface area (Å²) in [6.07, 6.45) is 0.957. The molecule has 6 heteroatoms. The molecule has 0 aromatic heterocycles. The Morgan fingerprint density at radius 3 is 2.24 bits per heavy atom. The summed E-state index contributed by atoms with van der Waals surface area (Å²) in [7, 11) is 0. The fourth-order valence-corrected chi connectivity index (χ4v) is 2.95. The third kappa shape index (κ3) is 6.05. The predicted octanol–water partition coefficient (Wildman–Crippen LogP) is 2.63. The molecule has 1 amide bonds. The molecule has 1 aromatic rings. The summed E-state index contributed by atoms with van der Waals surface area (Å²) < 4.78 is 5.38. The van der Waals surface area contributed by atoms with Gasteiger partial charge in [0.05, 0.1) is 0 Å². The largest absolute Gasteiger partial charge is 0.480 e. The van der Waals surface area contributed by atoms with E-state index in [0.717, 1.165) is 12.0 Å². The van der Waals surface area contributed by atoms with Gasteiger partial charge in [-0.3, -0.25) is 9.69 Å². The summed E-state index contributed by atoms with van der Waals surface area (Å²) in [6, 6.07) is 9.38. The highest BCUT2D eigenvalue weighted by Crippen LogP contribution is 2.16. The number of aryl methyl sites for hydroxylation is 1. The molecule has 0 radical (unpaired) electrons. The number of piperazine rings is 1. The van der Waals surface area contributed by atoms with Crippen LogP contribution >= 0.6 is 0 Å². The Hall–Kier alpha value is -2.08. The van der Waals surface area contributed by atoms with Gasteiger partial charge < -0.3 is 14.7 Å². The molecular formula is C19H28N2O4. The van der Waals surface area contributed by atoms with Crippen molar-refractivity contribution in [1.82, 2.24) is 9.80 Å². The topological polar surface area (TPSA) is 70.1 Å². The summed E-state index contributed by atoms with van der Waals surface area (Å²) in [4.78, 5) is 27.4. The zero-order valence-corrected chi connectivity index (χ0v) is 15.3. The number of carbonyl (C=O) groups is 2. The van der Waals surface area contributed by atoms with Gasteiger partial charge in [-0.25, -0.2) is 4.79 Å². The number of nitrogens with zero attached hydrogens (tertiary/aromatic N) is 2. The Kier molecular flexibility index (Phi) is 6.42. The normalized spacial score (nSPS) is 17.2. The molecule has 0 spiro atoms. The minimum atomic E-state index is -0.804. The van der Waals surface area contributed by atoms with Gasteiger partial charge in [-0.15, -0.1) is 0 Å². The molecular weight excluding hydrogens is 320 g/mol. The van der Waals surface area contributed by atoms with Gasteiger partial charge in [0, 0.05) is 26.2 Å². The molecule has 1 saturated heterocycles. The lowest BCUT2D eigenvalue weighted by Gasteiger charge is -2.38. The van der Waals surface area contributed by atoms with Crippen LogP contribution in [0, 0.1) is 0 Å². The Bertz CT molecular complexity index is 575. The standard InChI is InChI=1S/C19H28N2O4/c1-19(2,3)25-18(24)21-13-11-20(12-14-21)16(17(22)23)10-9-15-7-5-4-6-8-15/h4-8,16H,9-14H2,1-3H3,(H,22,23). The molecule has 1 aliphatic rings. The van der Waals surface area contributed by atoms with E-state index in [1.807, 2.05) is 56.0 Å². The second-order valence-corrected chi connectivity index (χ2v) is 7.38. The summed E-state index contributed by atoms with van der Waals surface area (Å²) in [5.74, 6) is -0.804. The lowest BCUT2D eigenvalue weighted by atomic mass is 10.0. The van der Waals surface area contributed by atoms with Gasteiger partial charge in [-0.05, 0) is 39.2 Å². The molecule has 138 valence electrons. The third-order valence-electron chi connectivity index (χ3n) is 4.24. The van der Waals surface area contributed by atoms with E-state index in [1.165, 1.54) is 0 Å². The molecule has 1 aliphatic heterocycles. The van der Waals surface area contributed by atoms with E-state index in [0.29, 0.717) is 32.6 Å². The van der Waals surface area contributed by atoms with Gasteiger partial charge in [0.1, 0.15) is 11.6 Å². The number of hydrogen-bond acceptors (Lipinski definition) is 4. The van der Waals surface area contributed by atoms with Crippen LogP contribution in [0.25, 0.3) is 0 Å². The second kappa shape index (κ2) is 8.34. The number of hydrogen-bond donors (Lipinski definition) is 1. The summed E-state index contributed by atoms with van der Waals surface area (Å²) >= 11 is 0. The molecule has 25 heavy (non-hydrogen) atoms. The zero-order valence-electron chi connectivity index (χ0n) is 15.3. The van der Waals surface area contributed by atoms with Gasteiger partial charge in [-0.2, -0.15) is 0 Å². The first kappa shape index (κ1) is 19.2. The maximum Gasteiger partial charge on any atom is 0.410 e. The molecule has 2 rings (SSSR count). The molecule has 1 atom stereocenters. The van der Waals surface area contributed by atoms with Gasteiger partial charge in [0.2, 0.25) is 0 Å². The summed E-state index contributed by atoms with van der Waals surface area (Å²) in [5.41, 5.74) is 0.620. The maximum absolute atomic E-state index is 12.1. The first-order chi connectivity index (χ1) is 11.8.